The van der Waals surface area contributed by atoms with Crippen LogP contribution in [0.25, 0.3) is 16.0 Å². The minimum atomic E-state index is -0.869. The molecule has 1 N–H and O–H groups in total. The number of benzene rings is 3. The number of aliphatic hydroxyl groups excluding tert-OH is 1. The highest BCUT2D eigenvalue weighted by molar-refractivity contribution is 7.22. The highest BCUT2D eigenvalue weighted by atomic mass is 32.1. The number of nitrogens with zero attached hydrogens (tertiary/aromatic N) is 2. The molecule has 4 aromatic rings. The number of hydrogen-bond acceptors (Lipinski definition) is 5. The van der Waals surface area contributed by atoms with Crippen molar-refractivity contribution in [2.75, 3.05) is 4.90 Å². The lowest BCUT2D eigenvalue weighted by atomic mass is 9.93. The van der Waals surface area contributed by atoms with Crippen LogP contribution in [0.4, 0.5) is 9.52 Å². The molecule has 0 unspecified atom stereocenters. The van der Waals surface area contributed by atoms with Gasteiger partial charge in [0.15, 0.2) is 5.13 Å². The third kappa shape index (κ3) is 3.68. The molecule has 3 aromatic carbocycles. The predicted octanol–water partition coefficient (Wildman–Crippen LogP) is 6.19. The van der Waals surface area contributed by atoms with Gasteiger partial charge in [0.1, 0.15) is 11.6 Å². The molecule has 0 spiro atoms. The summed E-state index contributed by atoms with van der Waals surface area (Å²) in [5.74, 6) is -1.91. The second kappa shape index (κ2) is 8.50. The summed E-state index contributed by atoms with van der Waals surface area (Å²) in [7, 11) is 0. The summed E-state index contributed by atoms with van der Waals surface area (Å²) >= 11 is 1.13. The third-order valence-electron chi connectivity index (χ3n) is 5.96. The number of hydrogen-bond donors (Lipinski definition) is 1. The zero-order valence-electron chi connectivity index (χ0n) is 18.5. The maximum absolute atomic E-state index is 13.8. The summed E-state index contributed by atoms with van der Waals surface area (Å²) < 4.78 is 14.3. The third-order valence-corrected chi connectivity index (χ3v) is 6.97. The molecule has 1 fully saturated rings. The van der Waals surface area contributed by atoms with Gasteiger partial charge in [0.2, 0.25) is 0 Å². The van der Waals surface area contributed by atoms with E-state index in [1.54, 1.807) is 30.3 Å². The van der Waals surface area contributed by atoms with Gasteiger partial charge in [-0.15, -0.1) is 0 Å². The monoisotopic (exact) mass is 472 g/mol. The van der Waals surface area contributed by atoms with Crippen LogP contribution in [-0.2, 0) is 9.59 Å². The summed E-state index contributed by atoms with van der Waals surface area (Å²) in [6.45, 7) is 4.16. The average molecular weight is 473 g/mol. The first kappa shape index (κ1) is 22.0. The van der Waals surface area contributed by atoms with Gasteiger partial charge < -0.3 is 5.11 Å². The van der Waals surface area contributed by atoms with Crippen LogP contribution in [0.3, 0.4) is 0 Å². The summed E-state index contributed by atoms with van der Waals surface area (Å²) in [6.07, 6.45) is 0. The van der Waals surface area contributed by atoms with Crippen molar-refractivity contribution in [3.8, 4) is 0 Å². The van der Waals surface area contributed by atoms with Crippen LogP contribution in [0, 0.1) is 5.82 Å². The Kier molecular flexibility index (Phi) is 5.49. The van der Waals surface area contributed by atoms with E-state index in [0.717, 1.165) is 16.9 Å². The van der Waals surface area contributed by atoms with Crippen molar-refractivity contribution in [2.45, 2.75) is 25.8 Å². The Morgan fingerprint density at radius 3 is 2.41 bits per heavy atom. The number of Topliss-reactive ketones (excluding diaryl/α,β-unsaturated/α-hetero) is 1. The van der Waals surface area contributed by atoms with Gasteiger partial charge in [-0.25, -0.2) is 9.37 Å². The van der Waals surface area contributed by atoms with Gasteiger partial charge >= 0.3 is 5.91 Å². The molecular formula is C27H21FN2O3S. The van der Waals surface area contributed by atoms with Crippen LogP contribution in [0.2, 0.25) is 0 Å². The molecule has 170 valence electrons. The minimum absolute atomic E-state index is 0.000987. The lowest BCUT2D eigenvalue weighted by Crippen LogP contribution is -2.29. The number of amides is 1. The molecule has 0 radical (unpaired) electrons. The smallest absolute Gasteiger partial charge is 0.301 e. The quantitative estimate of drug-likeness (QED) is 0.219. The number of aliphatic hydroxyl groups is 1. The number of aromatic nitrogens is 1. The molecule has 1 amide bonds. The molecule has 1 aliphatic rings. The van der Waals surface area contributed by atoms with E-state index in [1.165, 1.54) is 23.1 Å². The highest BCUT2D eigenvalue weighted by Crippen LogP contribution is 2.44. The molecule has 34 heavy (non-hydrogen) atoms. The van der Waals surface area contributed by atoms with Crippen molar-refractivity contribution >= 4 is 44.1 Å². The molecule has 2 heterocycles. The largest absolute Gasteiger partial charge is 0.507 e. The average Bonchev–Trinajstić information content (AvgIpc) is 3.37. The van der Waals surface area contributed by atoms with Crippen LogP contribution < -0.4 is 4.90 Å². The zero-order chi connectivity index (χ0) is 24.0. The van der Waals surface area contributed by atoms with E-state index in [9.17, 15) is 19.1 Å². The van der Waals surface area contributed by atoms with E-state index < -0.39 is 23.5 Å². The molecular weight excluding hydrogens is 451 g/mol. The van der Waals surface area contributed by atoms with Crippen LogP contribution in [0.5, 0.6) is 0 Å². The number of rotatable bonds is 4. The van der Waals surface area contributed by atoms with E-state index in [4.69, 9.17) is 0 Å². The van der Waals surface area contributed by atoms with Crippen LogP contribution in [0.15, 0.2) is 78.4 Å². The molecule has 1 aliphatic heterocycles. The fourth-order valence-corrected chi connectivity index (χ4v) is 5.17. The molecule has 7 heteroatoms. The Morgan fingerprint density at radius 1 is 1.03 bits per heavy atom. The Labute approximate surface area is 199 Å². The van der Waals surface area contributed by atoms with Gasteiger partial charge in [0.25, 0.3) is 5.78 Å². The van der Waals surface area contributed by atoms with Crippen LogP contribution >= 0.6 is 11.3 Å². The minimum Gasteiger partial charge on any atom is -0.507 e. The van der Waals surface area contributed by atoms with E-state index in [0.29, 0.717) is 27.3 Å². The van der Waals surface area contributed by atoms with Gasteiger partial charge in [-0.05, 0) is 35.2 Å². The van der Waals surface area contributed by atoms with Crippen molar-refractivity contribution < 1.29 is 19.1 Å². The van der Waals surface area contributed by atoms with E-state index in [1.807, 2.05) is 24.3 Å². The maximum Gasteiger partial charge on any atom is 0.301 e. The first-order valence-corrected chi connectivity index (χ1v) is 11.7. The van der Waals surface area contributed by atoms with Gasteiger partial charge in [-0.2, -0.15) is 0 Å². The van der Waals surface area contributed by atoms with Crippen LogP contribution in [-0.4, -0.2) is 21.8 Å². The Hall–Kier alpha value is -3.84. The molecule has 1 aromatic heterocycles. The first-order valence-electron chi connectivity index (χ1n) is 10.9. The van der Waals surface area contributed by atoms with Crippen molar-refractivity contribution in [3.63, 3.8) is 0 Å². The molecule has 0 bridgehead atoms. The van der Waals surface area contributed by atoms with Gasteiger partial charge in [-0.1, -0.05) is 79.8 Å². The topological polar surface area (TPSA) is 70.5 Å². The second-order valence-electron chi connectivity index (χ2n) is 8.46. The van der Waals surface area contributed by atoms with Crippen molar-refractivity contribution in [2.24, 2.45) is 0 Å². The summed E-state index contributed by atoms with van der Waals surface area (Å²) in [6, 6.07) is 19.6. The van der Waals surface area contributed by atoms with E-state index in [2.05, 4.69) is 18.8 Å². The molecule has 5 nitrogen and oxygen atoms in total. The normalized spacial score (nSPS) is 17.8. The lowest BCUT2D eigenvalue weighted by molar-refractivity contribution is -0.132. The SMILES string of the molecule is CC(C)c1ccc([C@H]2C(=C(O)c3ccccc3)C(=O)C(=O)N2c2nc3ccc(F)cc3s2)cc1. The van der Waals surface area contributed by atoms with Crippen LogP contribution in [0.1, 0.15) is 42.5 Å². The maximum atomic E-state index is 13.8. The van der Waals surface area contributed by atoms with Gasteiger partial charge in [0, 0.05) is 5.56 Å². The Balaban J connectivity index is 1.72. The first-order chi connectivity index (χ1) is 16.3. The number of anilines is 1. The molecule has 5 rings (SSSR count). The van der Waals surface area contributed by atoms with Gasteiger partial charge in [-0.3, -0.25) is 14.5 Å². The number of ketones is 1. The van der Waals surface area contributed by atoms with Crippen molar-refractivity contribution in [1.29, 1.82) is 0 Å². The zero-order valence-corrected chi connectivity index (χ0v) is 19.3. The summed E-state index contributed by atoms with van der Waals surface area (Å²) in [4.78, 5) is 32.3. The lowest BCUT2D eigenvalue weighted by Gasteiger charge is -2.23. The number of carbonyl (C=O) groups excluding carboxylic acids is 2. The standard InChI is InChI=1S/C27H21FN2O3S/c1-15(2)16-8-10-17(11-9-16)23-22(24(31)18-6-4-3-5-7-18)25(32)26(33)30(23)27-29-20-13-12-19(28)14-21(20)34-27/h3-15,23,31H,1-2H3/t23-/m0/s1. The fraction of sp³-hybridized carbons (Fsp3) is 0.148. The second-order valence-corrected chi connectivity index (χ2v) is 9.47. The number of halogens is 1. The molecule has 1 atom stereocenters. The number of fused-ring (bicyclic) bond motifs is 1. The van der Waals surface area contributed by atoms with E-state index >= 15 is 0 Å². The van der Waals surface area contributed by atoms with Crippen molar-refractivity contribution in [1.82, 2.24) is 4.98 Å². The van der Waals surface area contributed by atoms with E-state index in [-0.39, 0.29) is 16.5 Å². The highest BCUT2D eigenvalue weighted by Gasteiger charge is 2.48. The van der Waals surface area contributed by atoms with Crippen molar-refractivity contribution in [3.05, 3.63) is 101 Å². The molecule has 1 saturated heterocycles. The molecule has 0 saturated carbocycles. The number of carbonyl (C=O) groups is 2. The number of thiazole rings is 1. The molecule has 0 aliphatic carbocycles. The predicted molar refractivity (Wildman–Crippen MR) is 131 cm³/mol. The fourth-order valence-electron chi connectivity index (χ4n) is 4.15. The van der Waals surface area contributed by atoms with Gasteiger partial charge in [0.05, 0.1) is 21.8 Å². The Morgan fingerprint density at radius 2 is 1.74 bits per heavy atom. The summed E-state index contributed by atoms with van der Waals surface area (Å²) in [5, 5.41) is 11.4. The Bertz CT molecular complexity index is 1440. The summed E-state index contributed by atoms with van der Waals surface area (Å²) in [5.41, 5.74) is 2.75.